The second-order valence-electron chi connectivity index (χ2n) is 5.36. The van der Waals surface area contributed by atoms with Crippen LogP contribution in [0.3, 0.4) is 0 Å². The van der Waals surface area contributed by atoms with Gasteiger partial charge >= 0.3 is 5.97 Å². The molecule has 25 heavy (non-hydrogen) atoms. The Morgan fingerprint density at radius 1 is 1.24 bits per heavy atom. The van der Waals surface area contributed by atoms with Gasteiger partial charge < -0.3 is 24.8 Å². The Morgan fingerprint density at radius 3 is 2.60 bits per heavy atom. The van der Waals surface area contributed by atoms with Gasteiger partial charge in [-0.3, -0.25) is 19.2 Å². The van der Waals surface area contributed by atoms with Gasteiger partial charge in [0.25, 0.3) is 0 Å². The first-order valence-corrected chi connectivity index (χ1v) is 7.75. The summed E-state index contributed by atoms with van der Waals surface area (Å²) in [7, 11) is 1.24. The number of hydrogen-bond donors (Lipinski definition) is 3. The number of carbonyl (C=O) groups is 3. The minimum Gasteiger partial charge on any atom is -0.503 e. The average molecular weight is 354 g/mol. The van der Waals surface area contributed by atoms with E-state index in [0.717, 1.165) is 6.07 Å². The number of methoxy groups -OCH3 is 1. The van der Waals surface area contributed by atoms with Crippen LogP contribution in [0.5, 0.6) is 5.75 Å². The van der Waals surface area contributed by atoms with Gasteiger partial charge in [0.1, 0.15) is 0 Å². The van der Waals surface area contributed by atoms with E-state index in [4.69, 9.17) is 0 Å². The van der Waals surface area contributed by atoms with Gasteiger partial charge in [0, 0.05) is 31.1 Å². The normalized spacial score (nSPS) is 10.3. The number of Topliss-reactive ketones (excluding diaryl/α,β-unsaturated/α-hetero) is 1. The third-order valence-corrected chi connectivity index (χ3v) is 3.48. The molecule has 1 aromatic heterocycles. The second-order valence-corrected chi connectivity index (χ2v) is 5.36. The molecule has 0 spiro atoms. The number of rotatable bonds is 10. The smallest absolute Gasteiger partial charge is 0.305 e. The number of aromatic nitrogens is 1. The van der Waals surface area contributed by atoms with E-state index in [1.165, 1.54) is 17.9 Å². The Morgan fingerprint density at radius 2 is 1.96 bits per heavy atom. The van der Waals surface area contributed by atoms with Crippen molar-refractivity contribution in [1.29, 1.82) is 0 Å². The number of amides is 1. The summed E-state index contributed by atoms with van der Waals surface area (Å²) >= 11 is 0. The molecule has 1 rings (SSSR count). The summed E-state index contributed by atoms with van der Waals surface area (Å²) in [6, 6.07) is 1.13. The Hall–Kier alpha value is -2.68. The molecule has 9 nitrogen and oxygen atoms in total. The largest absolute Gasteiger partial charge is 0.503 e. The summed E-state index contributed by atoms with van der Waals surface area (Å²) in [5.74, 6) is -1.52. The number of pyridine rings is 1. The Kier molecular flexibility index (Phi) is 8.34. The number of aliphatic hydroxyl groups excluding tert-OH is 1. The van der Waals surface area contributed by atoms with Gasteiger partial charge in [-0.25, -0.2) is 0 Å². The molecule has 0 bridgehead atoms. The number of aryl methyl sites for hydroxylation is 1. The third-order valence-electron chi connectivity index (χ3n) is 3.48. The number of ketones is 1. The minimum absolute atomic E-state index is 0.00346. The summed E-state index contributed by atoms with van der Waals surface area (Å²) < 4.78 is 5.91. The number of nitrogens with zero attached hydrogens (tertiary/aromatic N) is 1. The Balaban J connectivity index is 2.36. The maximum atomic E-state index is 11.7. The topological polar surface area (TPSA) is 135 Å². The van der Waals surface area contributed by atoms with Crippen LogP contribution in [0, 0.1) is 0 Å². The number of nitrogens with one attached hydrogen (secondary N) is 1. The minimum atomic E-state index is -0.580. The van der Waals surface area contributed by atoms with Crippen molar-refractivity contribution in [2.45, 2.75) is 38.8 Å². The highest BCUT2D eigenvalue weighted by Gasteiger charge is 2.10. The van der Waals surface area contributed by atoms with E-state index in [2.05, 4.69) is 10.1 Å². The van der Waals surface area contributed by atoms with Gasteiger partial charge in [0.2, 0.25) is 11.3 Å². The molecule has 0 aromatic carbocycles. The number of hydrogen-bond acceptors (Lipinski definition) is 7. The molecular weight excluding hydrogens is 332 g/mol. The lowest BCUT2D eigenvalue weighted by atomic mass is 10.2. The summed E-state index contributed by atoms with van der Waals surface area (Å²) in [6.07, 6.45) is 1.70. The molecule has 9 heteroatoms. The van der Waals surface area contributed by atoms with Crippen LogP contribution in [0.1, 0.15) is 31.4 Å². The zero-order chi connectivity index (χ0) is 18.8. The highest BCUT2D eigenvalue weighted by atomic mass is 16.5. The number of esters is 1. The molecule has 1 heterocycles. The van der Waals surface area contributed by atoms with Crippen LogP contribution in [-0.4, -0.2) is 46.1 Å². The van der Waals surface area contributed by atoms with Gasteiger partial charge in [0.15, 0.2) is 11.5 Å². The van der Waals surface area contributed by atoms with Crippen molar-refractivity contribution >= 4 is 17.7 Å². The van der Waals surface area contributed by atoms with Crippen molar-refractivity contribution in [3.63, 3.8) is 0 Å². The van der Waals surface area contributed by atoms with Gasteiger partial charge in [-0.05, 0) is 6.42 Å². The second kappa shape index (κ2) is 10.2. The van der Waals surface area contributed by atoms with Crippen LogP contribution < -0.4 is 10.7 Å². The number of ether oxygens (including phenoxy) is 1. The number of aromatic hydroxyl groups is 1. The van der Waals surface area contributed by atoms with Gasteiger partial charge in [-0.1, -0.05) is 0 Å². The molecule has 0 fully saturated rings. The number of aliphatic hydroxyl groups is 1. The monoisotopic (exact) mass is 354 g/mol. The summed E-state index contributed by atoms with van der Waals surface area (Å²) in [5.41, 5.74) is -0.246. The molecule has 1 aromatic rings. The first-order chi connectivity index (χ1) is 11.9. The van der Waals surface area contributed by atoms with Gasteiger partial charge in [0.05, 0.1) is 32.9 Å². The molecule has 0 radical (unpaired) electrons. The fraction of sp³-hybridized carbons (Fsp3) is 0.500. The molecule has 138 valence electrons. The fourth-order valence-corrected chi connectivity index (χ4v) is 2.07. The molecular formula is C16H22N2O7. The molecule has 1 amide bonds. The van der Waals surface area contributed by atoms with Gasteiger partial charge in [-0.2, -0.15) is 0 Å². The van der Waals surface area contributed by atoms with E-state index in [-0.39, 0.29) is 44.1 Å². The molecule has 0 saturated carbocycles. The standard InChI is InChI=1S/C16H22N2O7/c1-25-16(24)5-4-12(20)8-17-15(23)3-2-6-18-9-14(22)13(21)7-11(18)10-19/h7,9,19,22H,2-6,8,10H2,1H3,(H,17,23). The first kappa shape index (κ1) is 20.4. The van der Waals surface area contributed by atoms with Crippen molar-refractivity contribution in [3.05, 3.63) is 28.2 Å². The number of carbonyl (C=O) groups excluding carboxylic acids is 3. The molecule has 0 unspecified atom stereocenters. The highest BCUT2D eigenvalue weighted by Crippen LogP contribution is 2.07. The first-order valence-electron chi connectivity index (χ1n) is 7.75. The van der Waals surface area contributed by atoms with Crippen LogP contribution in [-0.2, 0) is 32.3 Å². The highest BCUT2D eigenvalue weighted by molar-refractivity contribution is 5.88. The van der Waals surface area contributed by atoms with Crippen molar-refractivity contribution in [1.82, 2.24) is 9.88 Å². The lowest BCUT2D eigenvalue weighted by Crippen LogP contribution is -2.29. The molecule has 0 aliphatic rings. The van der Waals surface area contributed by atoms with E-state index >= 15 is 0 Å². The van der Waals surface area contributed by atoms with Crippen molar-refractivity contribution < 1.29 is 29.3 Å². The maximum Gasteiger partial charge on any atom is 0.305 e. The SMILES string of the molecule is COC(=O)CCC(=O)CNC(=O)CCCn1cc(O)c(=O)cc1CO. The zero-order valence-electron chi connectivity index (χ0n) is 14.0. The van der Waals surface area contributed by atoms with E-state index < -0.39 is 17.1 Å². The summed E-state index contributed by atoms with van der Waals surface area (Å²) in [4.78, 5) is 45.4. The van der Waals surface area contributed by atoms with Crippen LogP contribution in [0.15, 0.2) is 17.1 Å². The average Bonchev–Trinajstić information content (AvgIpc) is 2.60. The predicted molar refractivity (Wildman–Crippen MR) is 86.8 cm³/mol. The van der Waals surface area contributed by atoms with Crippen LogP contribution in [0.25, 0.3) is 0 Å². The van der Waals surface area contributed by atoms with Crippen molar-refractivity contribution in [2.75, 3.05) is 13.7 Å². The van der Waals surface area contributed by atoms with E-state index in [9.17, 15) is 29.4 Å². The fourth-order valence-electron chi connectivity index (χ4n) is 2.07. The third kappa shape index (κ3) is 7.17. The van der Waals surface area contributed by atoms with E-state index in [1.54, 1.807) is 0 Å². The molecule has 0 aliphatic carbocycles. The molecule has 0 aliphatic heterocycles. The quantitative estimate of drug-likeness (QED) is 0.480. The lowest BCUT2D eigenvalue weighted by Gasteiger charge is -2.12. The molecule has 3 N–H and O–H groups in total. The maximum absolute atomic E-state index is 11.7. The zero-order valence-corrected chi connectivity index (χ0v) is 14.0. The predicted octanol–water partition coefficient (Wildman–Crippen LogP) is -0.535. The van der Waals surface area contributed by atoms with Crippen LogP contribution in [0.4, 0.5) is 0 Å². The van der Waals surface area contributed by atoms with Gasteiger partial charge in [-0.15, -0.1) is 0 Å². The Labute approximate surface area is 144 Å². The summed E-state index contributed by atoms with van der Waals surface area (Å²) in [6.45, 7) is -0.208. The van der Waals surface area contributed by atoms with Crippen LogP contribution in [0.2, 0.25) is 0 Å². The van der Waals surface area contributed by atoms with Crippen LogP contribution >= 0.6 is 0 Å². The summed E-state index contributed by atoms with van der Waals surface area (Å²) in [5, 5.41) is 21.1. The van der Waals surface area contributed by atoms with E-state index in [0.29, 0.717) is 18.7 Å². The Bertz CT molecular complexity index is 682. The van der Waals surface area contributed by atoms with E-state index in [1.807, 2.05) is 0 Å². The van der Waals surface area contributed by atoms with Crippen molar-refractivity contribution in [2.24, 2.45) is 0 Å². The lowest BCUT2D eigenvalue weighted by molar-refractivity contribution is -0.141. The molecule has 0 saturated heterocycles. The van der Waals surface area contributed by atoms with Crippen molar-refractivity contribution in [3.8, 4) is 5.75 Å². The molecule has 0 atom stereocenters.